The van der Waals surface area contributed by atoms with Crippen molar-refractivity contribution in [3.8, 4) is 0 Å². The molecule has 0 heterocycles. The van der Waals surface area contributed by atoms with Gasteiger partial charge in [0.2, 0.25) is 17.7 Å². The summed E-state index contributed by atoms with van der Waals surface area (Å²) in [5.74, 6) is -3.70. The van der Waals surface area contributed by atoms with Gasteiger partial charge in [-0.3, -0.25) is 19.2 Å². The van der Waals surface area contributed by atoms with Crippen LogP contribution in [0.15, 0.2) is 0 Å². The summed E-state index contributed by atoms with van der Waals surface area (Å²) in [5.41, 5.74) is 11.0. The fraction of sp³-hybridized carbons (Fsp3) is 0.765. The SMILES string of the molecule is CC(NC(=O)C(NC(=O)C(CCCCN)NC(=O)C(N)C(C)O)C(C)O)C(=O)O. The number of nitrogens with one attached hydrogen (secondary N) is 3. The Morgan fingerprint density at radius 1 is 0.862 bits per heavy atom. The van der Waals surface area contributed by atoms with E-state index in [1.54, 1.807) is 0 Å². The summed E-state index contributed by atoms with van der Waals surface area (Å²) in [6, 6.07) is -5.02. The minimum atomic E-state index is -1.44. The third-order valence-corrected chi connectivity index (χ3v) is 4.19. The normalized spacial score (nSPS) is 17.2. The number of amides is 3. The van der Waals surface area contributed by atoms with E-state index >= 15 is 0 Å². The summed E-state index contributed by atoms with van der Waals surface area (Å²) in [5, 5.41) is 35.1. The predicted octanol–water partition coefficient (Wildman–Crippen LogP) is -3.24. The van der Waals surface area contributed by atoms with E-state index in [1.807, 2.05) is 0 Å². The van der Waals surface area contributed by atoms with Gasteiger partial charge in [0.05, 0.1) is 12.2 Å². The van der Waals surface area contributed by atoms with Gasteiger partial charge in [-0.15, -0.1) is 0 Å². The highest BCUT2D eigenvalue weighted by Gasteiger charge is 2.32. The van der Waals surface area contributed by atoms with Crippen LogP contribution in [0.1, 0.15) is 40.0 Å². The van der Waals surface area contributed by atoms with E-state index in [0.29, 0.717) is 19.4 Å². The van der Waals surface area contributed by atoms with Crippen LogP contribution >= 0.6 is 0 Å². The van der Waals surface area contributed by atoms with Crippen molar-refractivity contribution >= 4 is 23.7 Å². The Hall–Kier alpha value is -2.28. The second-order valence-corrected chi connectivity index (χ2v) is 6.91. The molecule has 0 aliphatic rings. The molecular weight excluding hydrogens is 386 g/mol. The molecule has 3 amide bonds. The number of carbonyl (C=O) groups is 4. The van der Waals surface area contributed by atoms with Crippen LogP contribution in [0.2, 0.25) is 0 Å². The standard InChI is InChI=1S/C17H33N5O7/c1-8(17(28)29)20-16(27)13(10(3)24)22-14(25)11(6-4-5-7-18)21-15(26)12(19)9(2)23/h8-13,23-24H,4-7,18-19H2,1-3H3,(H,20,27)(H,21,26)(H,22,25)(H,28,29). The highest BCUT2D eigenvalue weighted by Crippen LogP contribution is 2.04. The van der Waals surface area contributed by atoms with Crippen LogP contribution < -0.4 is 27.4 Å². The Balaban J connectivity index is 5.27. The molecule has 29 heavy (non-hydrogen) atoms. The lowest BCUT2D eigenvalue weighted by molar-refractivity contribution is -0.142. The number of hydrogen-bond donors (Lipinski definition) is 8. The summed E-state index contributed by atoms with van der Waals surface area (Å²) in [6.07, 6.45) is -1.23. The summed E-state index contributed by atoms with van der Waals surface area (Å²) in [7, 11) is 0. The van der Waals surface area contributed by atoms with Crippen molar-refractivity contribution in [2.75, 3.05) is 6.54 Å². The molecule has 0 bridgehead atoms. The zero-order chi connectivity index (χ0) is 22.7. The van der Waals surface area contributed by atoms with E-state index in [-0.39, 0.29) is 6.42 Å². The van der Waals surface area contributed by atoms with Gasteiger partial charge in [-0.05, 0) is 46.6 Å². The van der Waals surface area contributed by atoms with E-state index in [4.69, 9.17) is 16.6 Å². The van der Waals surface area contributed by atoms with Crippen LogP contribution in [0.5, 0.6) is 0 Å². The maximum Gasteiger partial charge on any atom is 0.325 e. The average molecular weight is 419 g/mol. The Labute approximate surface area is 169 Å². The number of unbranched alkanes of at least 4 members (excludes halogenated alkanes) is 1. The van der Waals surface area contributed by atoms with Crippen molar-refractivity contribution in [3.05, 3.63) is 0 Å². The van der Waals surface area contributed by atoms with Gasteiger partial charge in [-0.2, -0.15) is 0 Å². The van der Waals surface area contributed by atoms with E-state index in [9.17, 15) is 29.4 Å². The van der Waals surface area contributed by atoms with Crippen LogP contribution in [-0.2, 0) is 19.2 Å². The maximum absolute atomic E-state index is 12.6. The van der Waals surface area contributed by atoms with Crippen molar-refractivity contribution < 1.29 is 34.5 Å². The Morgan fingerprint density at radius 3 is 1.90 bits per heavy atom. The molecule has 168 valence electrons. The topological polar surface area (TPSA) is 217 Å². The van der Waals surface area contributed by atoms with Crippen molar-refractivity contribution in [1.29, 1.82) is 0 Å². The second-order valence-electron chi connectivity index (χ2n) is 6.91. The van der Waals surface area contributed by atoms with Gasteiger partial charge < -0.3 is 42.7 Å². The fourth-order valence-corrected chi connectivity index (χ4v) is 2.27. The molecule has 0 aliphatic heterocycles. The second kappa shape index (κ2) is 13.0. The molecule has 6 atom stereocenters. The van der Waals surface area contributed by atoms with Crippen LogP contribution in [0.4, 0.5) is 0 Å². The molecule has 0 saturated carbocycles. The monoisotopic (exact) mass is 419 g/mol. The summed E-state index contributed by atoms with van der Waals surface area (Å²) in [4.78, 5) is 47.9. The third kappa shape index (κ3) is 9.65. The van der Waals surface area contributed by atoms with Gasteiger partial charge in [0.25, 0.3) is 0 Å². The van der Waals surface area contributed by atoms with Crippen molar-refractivity contribution in [1.82, 2.24) is 16.0 Å². The molecule has 0 rings (SSSR count). The lowest BCUT2D eigenvalue weighted by Crippen LogP contribution is -2.60. The van der Waals surface area contributed by atoms with Crippen LogP contribution in [0, 0.1) is 0 Å². The van der Waals surface area contributed by atoms with Gasteiger partial charge in [0.1, 0.15) is 24.2 Å². The molecule has 0 aliphatic carbocycles. The summed E-state index contributed by atoms with van der Waals surface area (Å²) < 4.78 is 0. The Kier molecular flexibility index (Phi) is 12.0. The molecule has 0 aromatic carbocycles. The molecule has 12 heteroatoms. The first kappa shape index (κ1) is 26.7. The largest absolute Gasteiger partial charge is 0.480 e. The zero-order valence-electron chi connectivity index (χ0n) is 16.9. The predicted molar refractivity (Wildman–Crippen MR) is 103 cm³/mol. The number of nitrogens with two attached hydrogens (primary N) is 2. The molecule has 10 N–H and O–H groups in total. The Morgan fingerprint density at radius 2 is 1.45 bits per heavy atom. The summed E-state index contributed by atoms with van der Waals surface area (Å²) in [6.45, 7) is 4.18. The van der Waals surface area contributed by atoms with Crippen molar-refractivity contribution in [2.45, 2.75) is 76.4 Å². The number of rotatable bonds is 13. The number of aliphatic carboxylic acids is 1. The van der Waals surface area contributed by atoms with Crippen LogP contribution in [0.25, 0.3) is 0 Å². The lowest BCUT2D eigenvalue weighted by atomic mass is 10.1. The van der Waals surface area contributed by atoms with Gasteiger partial charge in [0, 0.05) is 0 Å². The highest BCUT2D eigenvalue weighted by atomic mass is 16.4. The molecule has 0 aromatic heterocycles. The quantitative estimate of drug-likeness (QED) is 0.140. The van der Waals surface area contributed by atoms with Crippen molar-refractivity contribution in [2.24, 2.45) is 11.5 Å². The molecule has 0 saturated heterocycles. The van der Waals surface area contributed by atoms with E-state index < -0.39 is 60.1 Å². The smallest absolute Gasteiger partial charge is 0.325 e. The molecule has 0 spiro atoms. The Bertz CT molecular complexity index is 570. The maximum atomic E-state index is 12.6. The molecular formula is C17H33N5O7. The van der Waals surface area contributed by atoms with E-state index in [1.165, 1.54) is 20.8 Å². The van der Waals surface area contributed by atoms with Gasteiger partial charge >= 0.3 is 5.97 Å². The minimum absolute atomic E-state index is 0.182. The number of hydrogen-bond acceptors (Lipinski definition) is 8. The minimum Gasteiger partial charge on any atom is -0.480 e. The number of aliphatic hydroxyl groups is 2. The van der Waals surface area contributed by atoms with Crippen LogP contribution in [0.3, 0.4) is 0 Å². The number of carboxylic acids is 1. The highest BCUT2D eigenvalue weighted by molar-refractivity contribution is 5.94. The number of carbonyl (C=O) groups excluding carboxylic acids is 3. The molecule has 0 aromatic rings. The van der Waals surface area contributed by atoms with E-state index in [0.717, 1.165) is 0 Å². The zero-order valence-corrected chi connectivity index (χ0v) is 16.9. The first-order valence-corrected chi connectivity index (χ1v) is 9.38. The van der Waals surface area contributed by atoms with Crippen LogP contribution in [-0.4, -0.2) is 81.9 Å². The van der Waals surface area contributed by atoms with Gasteiger partial charge in [-0.1, -0.05) is 0 Å². The van der Waals surface area contributed by atoms with E-state index in [2.05, 4.69) is 16.0 Å². The third-order valence-electron chi connectivity index (χ3n) is 4.19. The number of aliphatic hydroxyl groups excluding tert-OH is 2. The average Bonchev–Trinajstić information content (AvgIpc) is 2.63. The first-order valence-electron chi connectivity index (χ1n) is 9.38. The molecule has 0 radical (unpaired) electrons. The number of carboxylic acid groups (broad SMARTS) is 1. The van der Waals surface area contributed by atoms with Gasteiger partial charge in [0.15, 0.2) is 0 Å². The fourth-order valence-electron chi connectivity index (χ4n) is 2.27. The first-order chi connectivity index (χ1) is 13.4. The lowest BCUT2D eigenvalue weighted by Gasteiger charge is -2.26. The molecule has 6 unspecified atom stereocenters. The van der Waals surface area contributed by atoms with Crippen molar-refractivity contribution in [3.63, 3.8) is 0 Å². The van der Waals surface area contributed by atoms with Gasteiger partial charge in [-0.25, -0.2) is 0 Å². The summed E-state index contributed by atoms with van der Waals surface area (Å²) >= 11 is 0. The molecule has 0 fully saturated rings. The molecule has 12 nitrogen and oxygen atoms in total.